The Morgan fingerprint density at radius 1 is 1.05 bits per heavy atom. The van der Waals surface area contributed by atoms with E-state index in [1.165, 1.54) is 0 Å². The molecule has 0 aliphatic heterocycles. The predicted octanol–water partition coefficient (Wildman–Crippen LogP) is 3.96. The second-order valence-corrected chi connectivity index (χ2v) is 4.75. The second kappa shape index (κ2) is 7.84. The van der Waals surface area contributed by atoms with Crippen LogP contribution in [-0.4, -0.2) is 12.6 Å². The zero-order chi connectivity index (χ0) is 15.8. The molecule has 112 valence electrons. The molecule has 0 atom stereocenters. The zero-order valence-electron chi connectivity index (χ0n) is 12.4. The second-order valence-electron chi connectivity index (χ2n) is 4.75. The summed E-state index contributed by atoms with van der Waals surface area (Å²) in [5, 5.41) is 8.72. The Kier molecular flexibility index (Phi) is 5.56. The molecule has 0 aromatic heterocycles. The summed E-state index contributed by atoms with van der Waals surface area (Å²) in [4.78, 5) is 12.0. The maximum Gasteiger partial charge on any atom is 0.343 e. The number of benzene rings is 2. The first-order valence-corrected chi connectivity index (χ1v) is 7.18. The summed E-state index contributed by atoms with van der Waals surface area (Å²) in [6, 6.07) is 15.3. The van der Waals surface area contributed by atoms with Crippen LogP contribution < -0.4 is 9.47 Å². The van der Waals surface area contributed by atoms with Gasteiger partial charge in [0.2, 0.25) is 0 Å². The van der Waals surface area contributed by atoms with Crippen LogP contribution in [0, 0.1) is 11.3 Å². The molecular formula is C18H17NO3. The zero-order valence-corrected chi connectivity index (χ0v) is 12.4. The van der Waals surface area contributed by atoms with E-state index in [9.17, 15) is 4.79 Å². The molecule has 4 nitrogen and oxygen atoms in total. The smallest absolute Gasteiger partial charge is 0.343 e. The number of hydrogen-bond donors (Lipinski definition) is 0. The molecule has 22 heavy (non-hydrogen) atoms. The van der Waals surface area contributed by atoms with Gasteiger partial charge in [0, 0.05) is 0 Å². The molecule has 2 aromatic carbocycles. The summed E-state index contributed by atoms with van der Waals surface area (Å²) in [5.74, 6) is 0.709. The fourth-order valence-electron chi connectivity index (χ4n) is 1.79. The van der Waals surface area contributed by atoms with Gasteiger partial charge >= 0.3 is 5.97 Å². The predicted molar refractivity (Wildman–Crippen MR) is 83.0 cm³/mol. The number of esters is 1. The van der Waals surface area contributed by atoms with E-state index in [2.05, 4.69) is 6.92 Å². The van der Waals surface area contributed by atoms with Crippen LogP contribution in [0.4, 0.5) is 0 Å². The summed E-state index contributed by atoms with van der Waals surface area (Å²) >= 11 is 0. The number of nitrogens with zero attached hydrogens (tertiary/aromatic N) is 1. The van der Waals surface area contributed by atoms with Gasteiger partial charge in [-0.2, -0.15) is 5.26 Å². The lowest BCUT2D eigenvalue weighted by molar-refractivity contribution is 0.0734. The van der Waals surface area contributed by atoms with E-state index < -0.39 is 5.97 Å². The van der Waals surface area contributed by atoms with Crippen LogP contribution in [0.15, 0.2) is 48.5 Å². The van der Waals surface area contributed by atoms with E-state index in [1.54, 1.807) is 48.5 Å². The van der Waals surface area contributed by atoms with Crippen LogP contribution >= 0.6 is 0 Å². The minimum atomic E-state index is -0.440. The summed E-state index contributed by atoms with van der Waals surface area (Å²) in [6.07, 6.45) is 2.08. The first-order valence-electron chi connectivity index (χ1n) is 7.18. The molecule has 0 saturated heterocycles. The molecule has 0 heterocycles. The number of carbonyl (C=O) groups excluding carboxylic acids is 1. The van der Waals surface area contributed by atoms with Gasteiger partial charge in [-0.15, -0.1) is 0 Å². The average molecular weight is 295 g/mol. The highest BCUT2D eigenvalue weighted by atomic mass is 16.5. The van der Waals surface area contributed by atoms with E-state index in [4.69, 9.17) is 14.7 Å². The molecule has 0 amide bonds. The van der Waals surface area contributed by atoms with Crippen molar-refractivity contribution >= 4 is 5.97 Å². The molecule has 0 unspecified atom stereocenters. The highest BCUT2D eigenvalue weighted by Gasteiger charge is 2.08. The highest BCUT2D eigenvalue weighted by Crippen LogP contribution is 2.16. The van der Waals surface area contributed by atoms with E-state index in [1.807, 2.05) is 6.07 Å². The summed E-state index contributed by atoms with van der Waals surface area (Å²) in [5.41, 5.74) is 0.973. The SMILES string of the molecule is CCCCOc1ccc(C(=O)Oc2ccc(C#N)cc2)cc1. The molecule has 4 heteroatoms. The van der Waals surface area contributed by atoms with Gasteiger partial charge in [-0.05, 0) is 55.0 Å². The first-order chi connectivity index (χ1) is 10.7. The van der Waals surface area contributed by atoms with Crippen molar-refractivity contribution in [2.24, 2.45) is 0 Å². The maximum absolute atomic E-state index is 12.0. The van der Waals surface area contributed by atoms with Crippen LogP contribution in [0.5, 0.6) is 11.5 Å². The molecular weight excluding hydrogens is 278 g/mol. The largest absolute Gasteiger partial charge is 0.494 e. The molecule has 0 radical (unpaired) electrons. The molecule has 0 spiro atoms. The molecule has 0 N–H and O–H groups in total. The van der Waals surface area contributed by atoms with Gasteiger partial charge in [0.25, 0.3) is 0 Å². The van der Waals surface area contributed by atoms with E-state index in [-0.39, 0.29) is 0 Å². The Morgan fingerprint density at radius 2 is 1.68 bits per heavy atom. The average Bonchev–Trinajstić information content (AvgIpc) is 2.56. The van der Waals surface area contributed by atoms with Gasteiger partial charge in [-0.3, -0.25) is 0 Å². The monoisotopic (exact) mass is 295 g/mol. The fourth-order valence-corrected chi connectivity index (χ4v) is 1.79. The van der Waals surface area contributed by atoms with Crippen molar-refractivity contribution in [2.75, 3.05) is 6.61 Å². The quantitative estimate of drug-likeness (QED) is 0.460. The number of carbonyl (C=O) groups is 1. The number of unbranched alkanes of at least 4 members (excludes halogenated alkanes) is 1. The normalized spacial score (nSPS) is 9.82. The van der Waals surface area contributed by atoms with Crippen molar-refractivity contribution in [3.8, 4) is 17.6 Å². The standard InChI is InChI=1S/C18H17NO3/c1-2-3-12-21-16-10-6-15(7-11-16)18(20)22-17-8-4-14(13-19)5-9-17/h4-11H,2-3,12H2,1H3. The van der Waals surface area contributed by atoms with Crippen LogP contribution in [0.25, 0.3) is 0 Å². The molecule has 0 aliphatic rings. The Morgan fingerprint density at radius 3 is 2.27 bits per heavy atom. The Balaban J connectivity index is 1.95. The first kappa shape index (κ1) is 15.6. The summed E-state index contributed by atoms with van der Waals surface area (Å²) < 4.78 is 10.8. The topological polar surface area (TPSA) is 59.3 Å². The molecule has 0 bridgehead atoms. The highest BCUT2D eigenvalue weighted by molar-refractivity contribution is 5.91. The van der Waals surface area contributed by atoms with Crippen molar-refractivity contribution in [3.63, 3.8) is 0 Å². The van der Waals surface area contributed by atoms with E-state index in [0.29, 0.717) is 23.5 Å². The third kappa shape index (κ3) is 4.35. The fraction of sp³-hybridized carbons (Fsp3) is 0.222. The van der Waals surface area contributed by atoms with Gasteiger partial charge in [-0.1, -0.05) is 13.3 Å². The van der Waals surface area contributed by atoms with Crippen molar-refractivity contribution in [2.45, 2.75) is 19.8 Å². The van der Waals surface area contributed by atoms with Crippen molar-refractivity contribution in [3.05, 3.63) is 59.7 Å². The van der Waals surface area contributed by atoms with Gasteiger partial charge in [0.05, 0.1) is 23.8 Å². The van der Waals surface area contributed by atoms with Crippen LogP contribution in [0.1, 0.15) is 35.7 Å². The lowest BCUT2D eigenvalue weighted by Crippen LogP contribution is -2.08. The molecule has 0 aliphatic carbocycles. The van der Waals surface area contributed by atoms with Gasteiger partial charge in [-0.25, -0.2) is 4.79 Å². The summed E-state index contributed by atoms with van der Waals surface area (Å²) in [6.45, 7) is 2.77. The number of ether oxygens (including phenoxy) is 2. The maximum atomic E-state index is 12.0. The summed E-state index contributed by atoms with van der Waals surface area (Å²) in [7, 11) is 0. The third-order valence-corrected chi connectivity index (χ3v) is 3.05. The van der Waals surface area contributed by atoms with E-state index in [0.717, 1.165) is 18.6 Å². The lowest BCUT2D eigenvalue weighted by atomic mass is 10.2. The van der Waals surface area contributed by atoms with Crippen LogP contribution in [0.3, 0.4) is 0 Å². The van der Waals surface area contributed by atoms with Gasteiger partial charge < -0.3 is 9.47 Å². The minimum Gasteiger partial charge on any atom is -0.494 e. The Bertz CT molecular complexity index is 654. The van der Waals surface area contributed by atoms with Crippen molar-refractivity contribution < 1.29 is 14.3 Å². The van der Waals surface area contributed by atoms with Crippen molar-refractivity contribution in [1.82, 2.24) is 0 Å². The number of rotatable bonds is 6. The molecule has 2 rings (SSSR count). The van der Waals surface area contributed by atoms with Crippen molar-refractivity contribution in [1.29, 1.82) is 5.26 Å². The van der Waals surface area contributed by atoms with Crippen LogP contribution in [0.2, 0.25) is 0 Å². The van der Waals surface area contributed by atoms with Gasteiger partial charge in [0.15, 0.2) is 0 Å². The van der Waals surface area contributed by atoms with Crippen LogP contribution in [-0.2, 0) is 0 Å². The number of nitriles is 1. The Hall–Kier alpha value is -2.80. The lowest BCUT2D eigenvalue weighted by Gasteiger charge is -2.07. The molecule has 2 aromatic rings. The molecule has 0 saturated carbocycles. The third-order valence-electron chi connectivity index (χ3n) is 3.05. The van der Waals surface area contributed by atoms with Gasteiger partial charge in [0.1, 0.15) is 11.5 Å². The number of hydrogen-bond acceptors (Lipinski definition) is 4. The van der Waals surface area contributed by atoms with E-state index >= 15 is 0 Å². The Labute approximate surface area is 129 Å². The molecule has 0 fully saturated rings. The minimum absolute atomic E-state index is 0.410.